The smallest absolute Gasteiger partial charge is 0.465 e. The monoisotopic (exact) mass is 196 g/mol. The summed E-state index contributed by atoms with van der Waals surface area (Å²) in [7, 11) is 0. The van der Waals surface area contributed by atoms with E-state index in [2.05, 4.69) is 4.74 Å². The first-order valence-electron chi connectivity index (χ1n) is 4.32. The molecule has 0 aromatic carbocycles. The lowest BCUT2D eigenvalue weighted by atomic mass is 10.4. The quantitative estimate of drug-likeness (QED) is 0.694. The molecule has 0 amide bonds. The highest BCUT2D eigenvalue weighted by Gasteiger charge is 1.98. The number of carbonyl (C=O) groups is 1. The standard InChI is InChI=1S/C10H12O4/c1-2-12-10(11)14-8-4-6-9-5-3-7-13-9/h3-7H,2,8H2,1H3/b6-4+. The molecule has 1 heterocycles. The van der Waals surface area contributed by atoms with Crippen LogP contribution in [0.5, 0.6) is 0 Å². The highest BCUT2D eigenvalue weighted by Crippen LogP contribution is 2.01. The largest absolute Gasteiger partial charge is 0.508 e. The molecule has 14 heavy (non-hydrogen) atoms. The van der Waals surface area contributed by atoms with Crippen molar-refractivity contribution in [1.29, 1.82) is 0 Å². The van der Waals surface area contributed by atoms with E-state index in [0.717, 1.165) is 5.76 Å². The van der Waals surface area contributed by atoms with E-state index < -0.39 is 6.16 Å². The average molecular weight is 196 g/mol. The predicted molar refractivity (Wildman–Crippen MR) is 50.7 cm³/mol. The Balaban J connectivity index is 2.18. The van der Waals surface area contributed by atoms with Crippen LogP contribution >= 0.6 is 0 Å². The van der Waals surface area contributed by atoms with Crippen LogP contribution in [-0.2, 0) is 9.47 Å². The van der Waals surface area contributed by atoms with Gasteiger partial charge in [0.15, 0.2) is 0 Å². The lowest BCUT2D eigenvalue weighted by Gasteiger charge is -1.99. The number of hydrogen-bond acceptors (Lipinski definition) is 4. The van der Waals surface area contributed by atoms with Crippen molar-refractivity contribution in [3.05, 3.63) is 30.2 Å². The molecule has 1 aromatic rings. The lowest BCUT2D eigenvalue weighted by Crippen LogP contribution is -2.06. The fourth-order valence-electron chi connectivity index (χ4n) is 0.826. The number of furan rings is 1. The van der Waals surface area contributed by atoms with Gasteiger partial charge >= 0.3 is 6.16 Å². The lowest BCUT2D eigenvalue weighted by molar-refractivity contribution is 0.0674. The maximum absolute atomic E-state index is 10.7. The van der Waals surface area contributed by atoms with Crippen LogP contribution < -0.4 is 0 Å². The maximum Gasteiger partial charge on any atom is 0.508 e. The summed E-state index contributed by atoms with van der Waals surface area (Å²) < 4.78 is 14.3. The first-order valence-corrected chi connectivity index (χ1v) is 4.32. The second-order valence-corrected chi connectivity index (χ2v) is 2.41. The van der Waals surface area contributed by atoms with E-state index in [1.165, 1.54) is 0 Å². The van der Waals surface area contributed by atoms with Crippen molar-refractivity contribution >= 4 is 12.2 Å². The van der Waals surface area contributed by atoms with Crippen LogP contribution in [0.4, 0.5) is 4.79 Å². The number of ether oxygens (including phenoxy) is 2. The van der Waals surface area contributed by atoms with E-state index in [-0.39, 0.29) is 6.61 Å². The van der Waals surface area contributed by atoms with Gasteiger partial charge in [0.2, 0.25) is 0 Å². The predicted octanol–water partition coefficient (Wildman–Crippen LogP) is 2.47. The van der Waals surface area contributed by atoms with Gasteiger partial charge in [-0.3, -0.25) is 0 Å². The Bertz CT molecular complexity index is 287. The summed E-state index contributed by atoms with van der Waals surface area (Å²) in [6.45, 7) is 2.22. The summed E-state index contributed by atoms with van der Waals surface area (Å²) in [6, 6.07) is 3.59. The van der Waals surface area contributed by atoms with Gasteiger partial charge in [-0.05, 0) is 31.2 Å². The maximum atomic E-state index is 10.7. The van der Waals surface area contributed by atoms with E-state index in [1.807, 2.05) is 0 Å². The minimum absolute atomic E-state index is 0.180. The Morgan fingerprint density at radius 1 is 1.57 bits per heavy atom. The first kappa shape index (κ1) is 10.4. The third kappa shape index (κ3) is 3.80. The van der Waals surface area contributed by atoms with Crippen molar-refractivity contribution in [2.24, 2.45) is 0 Å². The molecule has 0 aliphatic heterocycles. The normalized spacial score (nSPS) is 10.4. The number of rotatable bonds is 4. The van der Waals surface area contributed by atoms with Gasteiger partial charge in [-0.2, -0.15) is 0 Å². The number of carbonyl (C=O) groups excluding carboxylic acids is 1. The van der Waals surface area contributed by atoms with E-state index in [9.17, 15) is 4.79 Å². The molecule has 0 unspecified atom stereocenters. The van der Waals surface area contributed by atoms with Gasteiger partial charge in [0.25, 0.3) is 0 Å². The highest BCUT2D eigenvalue weighted by molar-refractivity contribution is 5.60. The zero-order chi connectivity index (χ0) is 10.2. The molecule has 0 fully saturated rings. The topological polar surface area (TPSA) is 48.7 Å². The van der Waals surface area contributed by atoms with Crippen LogP contribution in [0.1, 0.15) is 12.7 Å². The SMILES string of the molecule is CCOC(=O)OC/C=C/c1ccco1. The van der Waals surface area contributed by atoms with Gasteiger partial charge < -0.3 is 13.9 Å². The first-order chi connectivity index (χ1) is 6.83. The van der Waals surface area contributed by atoms with Crippen LogP contribution in [-0.4, -0.2) is 19.4 Å². The van der Waals surface area contributed by atoms with Crippen molar-refractivity contribution in [3.63, 3.8) is 0 Å². The molecule has 1 aromatic heterocycles. The average Bonchev–Trinajstić information content (AvgIpc) is 2.65. The molecule has 0 saturated carbocycles. The molecular weight excluding hydrogens is 184 g/mol. The Morgan fingerprint density at radius 2 is 2.43 bits per heavy atom. The van der Waals surface area contributed by atoms with Crippen molar-refractivity contribution < 1.29 is 18.7 Å². The summed E-state index contributed by atoms with van der Waals surface area (Å²) >= 11 is 0. The van der Waals surface area contributed by atoms with Gasteiger partial charge in [-0.1, -0.05) is 0 Å². The van der Waals surface area contributed by atoms with Gasteiger partial charge in [0, 0.05) is 0 Å². The molecule has 0 aliphatic rings. The van der Waals surface area contributed by atoms with Crippen LogP contribution in [0.25, 0.3) is 6.08 Å². The van der Waals surface area contributed by atoms with Gasteiger partial charge in [0.1, 0.15) is 12.4 Å². The molecule has 0 saturated heterocycles. The van der Waals surface area contributed by atoms with Crippen molar-refractivity contribution in [1.82, 2.24) is 0 Å². The fourth-order valence-corrected chi connectivity index (χ4v) is 0.826. The summed E-state index contributed by atoms with van der Waals surface area (Å²) in [5.41, 5.74) is 0. The molecule has 0 atom stereocenters. The molecule has 0 spiro atoms. The Hall–Kier alpha value is -1.71. The molecule has 1 rings (SSSR count). The second-order valence-electron chi connectivity index (χ2n) is 2.41. The zero-order valence-corrected chi connectivity index (χ0v) is 7.93. The van der Waals surface area contributed by atoms with Gasteiger partial charge in [0.05, 0.1) is 12.9 Å². The van der Waals surface area contributed by atoms with Crippen molar-refractivity contribution in [2.45, 2.75) is 6.92 Å². The molecule has 4 nitrogen and oxygen atoms in total. The molecule has 0 radical (unpaired) electrons. The third-order valence-corrected chi connectivity index (χ3v) is 1.38. The minimum Gasteiger partial charge on any atom is -0.465 e. The van der Waals surface area contributed by atoms with Gasteiger partial charge in [-0.25, -0.2) is 4.79 Å². The molecule has 0 aliphatic carbocycles. The summed E-state index contributed by atoms with van der Waals surface area (Å²) in [6.07, 6.45) is 4.32. The molecule has 0 N–H and O–H groups in total. The van der Waals surface area contributed by atoms with Crippen LogP contribution in [0.3, 0.4) is 0 Å². The van der Waals surface area contributed by atoms with Crippen LogP contribution in [0, 0.1) is 0 Å². The second kappa shape index (κ2) is 5.85. The Morgan fingerprint density at radius 3 is 3.07 bits per heavy atom. The van der Waals surface area contributed by atoms with Crippen molar-refractivity contribution in [2.75, 3.05) is 13.2 Å². The van der Waals surface area contributed by atoms with Gasteiger partial charge in [-0.15, -0.1) is 0 Å². The zero-order valence-electron chi connectivity index (χ0n) is 7.93. The third-order valence-electron chi connectivity index (χ3n) is 1.38. The van der Waals surface area contributed by atoms with Crippen LogP contribution in [0.15, 0.2) is 28.9 Å². The summed E-state index contributed by atoms with van der Waals surface area (Å²) in [4.78, 5) is 10.7. The minimum atomic E-state index is -0.656. The highest BCUT2D eigenvalue weighted by atomic mass is 16.7. The number of hydrogen-bond donors (Lipinski definition) is 0. The summed E-state index contributed by atoms with van der Waals surface area (Å²) in [5, 5.41) is 0. The summed E-state index contributed by atoms with van der Waals surface area (Å²) in [5.74, 6) is 0.720. The van der Waals surface area contributed by atoms with Crippen molar-refractivity contribution in [3.8, 4) is 0 Å². The van der Waals surface area contributed by atoms with E-state index in [4.69, 9.17) is 9.15 Å². The molecule has 76 valence electrons. The molecular formula is C10H12O4. The molecule has 4 heteroatoms. The van der Waals surface area contributed by atoms with E-state index in [0.29, 0.717) is 6.61 Å². The molecule has 0 bridgehead atoms. The van der Waals surface area contributed by atoms with E-state index >= 15 is 0 Å². The Labute approximate surface area is 82.1 Å². The van der Waals surface area contributed by atoms with Crippen LogP contribution in [0.2, 0.25) is 0 Å². The van der Waals surface area contributed by atoms with E-state index in [1.54, 1.807) is 37.5 Å². The Kier molecular flexibility index (Phi) is 4.34. The fraction of sp³-hybridized carbons (Fsp3) is 0.300.